The number of aryl methyl sites for hydroxylation is 3. The van der Waals surface area contributed by atoms with E-state index in [2.05, 4.69) is 25.2 Å². The topological polar surface area (TPSA) is 79.5 Å². The lowest BCUT2D eigenvalue weighted by Gasteiger charge is -2.03. The summed E-state index contributed by atoms with van der Waals surface area (Å²) in [4.78, 5) is 25.1. The highest BCUT2D eigenvalue weighted by Crippen LogP contribution is 2.22. The molecule has 2 N–H and O–H groups in total. The molecule has 0 aliphatic heterocycles. The number of hydrogen-bond donors (Lipinski definition) is 2. The number of carbonyl (C=O) groups excluding carboxylic acids is 1. The van der Waals surface area contributed by atoms with Gasteiger partial charge in [0.05, 0.1) is 6.54 Å². The molecule has 1 amide bonds. The molecule has 0 atom stereocenters. The van der Waals surface area contributed by atoms with Crippen LogP contribution >= 0.6 is 11.3 Å². The molecule has 0 saturated heterocycles. The fourth-order valence-corrected chi connectivity index (χ4v) is 3.21. The van der Waals surface area contributed by atoms with Crippen molar-refractivity contribution in [3.8, 4) is 0 Å². The first-order valence-electron chi connectivity index (χ1n) is 7.10. The Labute approximate surface area is 133 Å². The molecular weight excluding hydrogens is 302 g/mol. The first-order chi connectivity index (χ1) is 10.5. The third-order valence-corrected chi connectivity index (χ3v) is 4.33. The van der Waals surface area contributed by atoms with Gasteiger partial charge in [-0.1, -0.05) is 0 Å². The number of thiophene rings is 1. The van der Waals surface area contributed by atoms with Gasteiger partial charge in [-0.3, -0.25) is 4.79 Å². The monoisotopic (exact) mass is 321 g/mol. The summed E-state index contributed by atoms with van der Waals surface area (Å²) in [5.41, 5.74) is 1.31. The van der Waals surface area contributed by atoms with E-state index in [1.54, 1.807) is 17.4 Å². The van der Waals surface area contributed by atoms with Crippen LogP contribution in [-0.4, -0.2) is 17.0 Å². The third kappa shape index (κ3) is 4.46. The summed E-state index contributed by atoms with van der Waals surface area (Å²) < 4.78 is 5.07. The van der Waals surface area contributed by atoms with Gasteiger partial charge in [-0.25, -0.2) is 4.79 Å². The molecule has 0 aliphatic carbocycles. The quantitative estimate of drug-likeness (QED) is 0.820. The molecule has 0 saturated carbocycles. The molecule has 0 bridgehead atoms. The van der Waals surface area contributed by atoms with Crippen molar-refractivity contribution >= 4 is 23.2 Å². The van der Waals surface area contributed by atoms with E-state index in [-0.39, 0.29) is 18.2 Å². The molecule has 0 fully saturated rings. The van der Waals surface area contributed by atoms with Gasteiger partial charge in [0.15, 0.2) is 0 Å². The number of amides is 1. The maximum atomic E-state index is 11.8. The minimum absolute atomic E-state index is 0.0575. The smallest absolute Gasteiger partial charge is 0.371 e. The van der Waals surface area contributed by atoms with Crippen LogP contribution in [0.3, 0.4) is 0 Å². The predicted octanol–water partition coefficient (Wildman–Crippen LogP) is 3.30. The lowest BCUT2D eigenvalue weighted by atomic mass is 10.1. The lowest BCUT2D eigenvalue weighted by molar-refractivity contribution is -0.121. The van der Waals surface area contributed by atoms with Gasteiger partial charge in [0.2, 0.25) is 11.7 Å². The summed E-state index contributed by atoms with van der Waals surface area (Å²) in [7, 11) is 0. The molecule has 0 radical (unpaired) electrons. The van der Waals surface area contributed by atoms with E-state index in [0.717, 1.165) is 12.8 Å². The largest absolute Gasteiger partial charge is 0.475 e. The van der Waals surface area contributed by atoms with Gasteiger partial charge in [-0.15, -0.1) is 11.3 Å². The maximum absolute atomic E-state index is 11.8. The second-order valence-corrected chi connectivity index (χ2v) is 6.60. The molecule has 2 rings (SSSR count). The SMILES string of the molecule is Cc1cc(CCCC(=O)NCc2ccc(C(=O)O)o2)c(C)s1. The molecule has 0 aromatic carbocycles. The van der Waals surface area contributed by atoms with Crippen molar-refractivity contribution < 1.29 is 19.1 Å². The Hall–Kier alpha value is -2.08. The van der Waals surface area contributed by atoms with Crippen LogP contribution in [0, 0.1) is 13.8 Å². The van der Waals surface area contributed by atoms with E-state index in [1.807, 2.05) is 0 Å². The van der Waals surface area contributed by atoms with Crippen LogP contribution in [0.1, 0.15) is 44.5 Å². The predicted molar refractivity (Wildman–Crippen MR) is 84.2 cm³/mol. The Morgan fingerprint density at radius 3 is 2.68 bits per heavy atom. The normalized spacial score (nSPS) is 10.6. The lowest BCUT2D eigenvalue weighted by Crippen LogP contribution is -2.22. The number of aromatic carboxylic acids is 1. The van der Waals surface area contributed by atoms with E-state index in [1.165, 1.54) is 21.4 Å². The Balaban J connectivity index is 1.71. The molecule has 118 valence electrons. The number of nitrogens with one attached hydrogen (secondary N) is 1. The average Bonchev–Trinajstić information content (AvgIpc) is 3.04. The van der Waals surface area contributed by atoms with Crippen LogP contribution in [-0.2, 0) is 17.8 Å². The summed E-state index contributed by atoms with van der Waals surface area (Å²) in [6, 6.07) is 5.11. The van der Waals surface area contributed by atoms with Crippen molar-refractivity contribution in [3.63, 3.8) is 0 Å². The molecule has 5 nitrogen and oxygen atoms in total. The first-order valence-corrected chi connectivity index (χ1v) is 7.92. The van der Waals surface area contributed by atoms with Crippen LogP contribution in [0.4, 0.5) is 0 Å². The molecule has 6 heteroatoms. The highest BCUT2D eigenvalue weighted by atomic mass is 32.1. The van der Waals surface area contributed by atoms with Crippen LogP contribution < -0.4 is 5.32 Å². The summed E-state index contributed by atoms with van der Waals surface area (Å²) in [6.07, 6.45) is 2.13. The number of carboxylic acid groups (broad SMARTS) is 1. The van der Waals surface area contributed by atoms with Crippen LogP contribution in [0.2, 0.25) is 0 Å². The third-order valence-electron chi connectivity index (χ3n) is 3.33. The number of rotatable bonds is 7. The van der Waals surface area contributed by atoms with Gasteiger partial charge in [0, 0.05) is 16.2 Å². The Morgan fingerprint density at radius 1 is 1.32 bits per heavy atom. The Bertz CT molecular complexity index is 671. The minimum atomic E-state index is -1.11. The van der Waals surface area contributed by atoms with Crippen molar-refractivity contribution in [1.29, 1.82) is 0 Å². The average molecular weight is 321 g/mol. The number of furan rings is 1. The highest BCUT2D eigenvalue weighted by Gasteiger charge is 2.10. The summed E-state index contributed by atoms with van der Waals surface area (Å²) in [5.74, 6) is -0.848. The first kappa shape index (κ1) is 16.3. The van der Waals surface area contributed by atoms with E-state index in [4.69, 9.17) is 9.52 Å². The second-order valence-electron chi connectivity index (χ2n) is 5.14. The molecule has 2 aromatic rings. The number of carbonyl (C=O) groups is 2. The van der Waals surface area contributed by atoms with Gasteiger partial charge in [-0.05, 0) is 50.5 Å². The van der Waals surface area contributed by atoms with Gasteiger partial charge in [-0.2, -0.15) is 0 Å². The van der Waals surface area contributed by atoms with E-state index in [0.29, 0.717) is 12.2 Å². The van der Waals surface area contributed by atoms with Crippen molar-refractivity contribution in [2.75, 3.05) is 0 Å². The van der Waals surface area contributed by atoms with E-state index in [9.17, 15) is 9.59 Å². The standard InChI is InChI=1S/C16H19NO4S/c1-10-8-12(11(2)22-10)4-3-5-15(18)17-9-13-6-7-14(21-13)16(19)20/h6-8H,3-5,9H2,1-2H3,(H,17,18)(H,19,20). The van der Waals surface area contributed by atoms with Crippen molar-refractivity contribution in [2.45, 2.75) is 39.7 Å². The van der Waals surface area contributed by atoms with Crippen molar-refractivity contribution in [1.82, 2.24) is 5.32 Å². The minimum Gasteiger partial charge on any atom is -0.475 e. The zero-order valence-electron chi connectivity index (χ0n) is 12.6. The van der Waals surface area contributed by atoms with Crippen LogP contribution in [0.5, 0.6) is 0 Å². The van der Waals surface area contributed by atoms with E-state index < -0.39 is 5.97 Å². The molecule has 0 aliphatic rings. The molecule has 0 spiro atoms. The van der Waals surface area contributed by atoms with Crippen LogP contribution in [0.15, 0.2) is 22.6 Å². The molecular formula is C16H19NO4S. The van der Waals surface area contributed by atoms with Gasteiger partial charge in [0.25, 0.3) is 0 Å². The van der Waals surface area contributed by atoms with Gasteiger partial charge in [0.1, 0.15) is 5.76 Å². The Kier molecular flexibility index (Phi) is 5.38. The molecule has 2 aromatic heterocycles. The number of carboxylic acids is 1. The van der Waals surface area contributed by atoms with E-state index >= 15 is 0 Å². The van der Waals surface area contributed by atoms with Gasteiger partial charge < -0.3 is 14.8 Å². The van der Waals surface area contributed by atoms with Crippen molar-refractivity contribution in [2.24, 2.45) is 0 Å². The second kappa shape index (κ2) is 7.26. The number of hydrogen-bond acceptors (Lipinski definition) is 4. The highest BCUT2D eigenvalue weighted by molar-refractivity contribution is 7.12. The molecule has 2 heterocycles. The maximum Gasteiger partial charge on any atom is 0.371 e. The summed E-state index contributed by atoms with van der Waals surface area (Å²) in [5, 5.41) is 11.5. The fraction of sp³-hybridized carbons (Fsp3) is 0.375. The molecule has 0 unspecified atom stereocenters. The summed E-state index contributed by atoms with van der Waals surface area (Å²) >= 11 is 1.78. The summed E-state index contributed by atoms with van der Waals surface area (Å²) in [6.45, 7) is 4.40. The fourth-order valence-electron chi connectivity index (χ4n) is 2.23. The van der Waals surface area contributed by atoms with Crippen LogP contribution in [0.25, 0.3) is 0 Å². The Morgan fingerprint density at radius 2 is 2.09 bits per heavy atom. The zero-order valence-corrected chi connectivity index (χ0v) is 13.5. The van der Waals surface area contributed by atoms with Crippen molar-refractivity contribution in [3.05, 3.63) is 45.0 Å². The van der Waals surface area contributed by atoms with Gasteiger partial charge >= 0.3 is 5.97 Å². The zero-order chi connectivity index (χ0) is 16.1. The molecule has 22 heavy (non-hydrogen) atoms.